The van der Waals surface area contributed by atoms with Gasteiger partial charge < -0.3 is 14.5 Å². The van der Waals surface area contributed by atoms with Gasteiger partial charge in [-0.2, -0.15) is 0 Å². The lowest BCUT2D eigenvalue weighted by molar-refractivity contribution is -0.150. The summed E-state index contributed by atoms with van der Waals surface area (Å²) in [6, 6.07) is 1.97. The van der Waals surface area contributed by atoms with Crippen LogP contribution in [0.1, 0.15) is 50.0 Å². The maximum absolute atomic E-state index is 12.8. The molecule has 2 aliphatic heterocycles. The Morgan fingerprint density at radius 1 is 1.32 bits per heavy atom. The molecule has 1 saturated carbocycles. The summed E-state index contributed by atoms with van der Waals surface area (Å²) in [5.41, 5.74) is 0.287. The van der Waals surface area contributed by atoms with Gasteiger partial charge in [0.2, 0.25) is 5.91 Å². The zero-order valence-electron chi connectivity index (χ0n) is 15.1. The lowest BCUT2D eigenvalue weighted by Crippen LogP contribution is -2.60. The van der Waals surface area contributed by atoms with Crippen LogP contribution in [0, 0.1) is 18.8 Å². The molecule has 3 fully saturated rings. The summed E-state index contributed by atoms with van der Waals surface area (Å²) in [5.74, 6) is 1.55. The molecule has 0 unspecified atom stereocenters. The van der Waals surface area contributed by atoms with Crippen molar-refractivity contribution < 1.29 is 14.4 Å². The highest BCUT2D eigenvalue weighted by Crippen LogP contribution is 2.37. The molecule has 0 radical (unpaired) electrons. The van der Waals surface area contributed by atoms with Crippen LogP contribution in [0.5, 0.6) is 0 Å². The maximum atomic E-state index is 12.8. The fourth-order valence-corrected chi connectivity index (χ4v) is 4.86. The van der Waals surface area contributed by atoms with Gasteiger partial charge in [0.1, 0.15) is 0 Å². The molecule has 1 N–H and O–H groups in total. The van der Waals surface area contributed by atoms with E-state index in [1.54, 1.807) is 0 Å². The summed E-state index contributed by atoms with van der Waals surface area (Å²) in [5, 5.41) is 15.0. The molecule has 25 heavy (non-hydrogen) atoms. The molecular weight excluding hydrogens is 318 g/mol. The quantitative estimate of drug-likeness (QED) is 0.905. The second-order valence-electron chi connectivity index (χ2n) is 8.24. The van der Waals surface area contributed by atoms with E-state index in [2.05, 4.69) is 10.1 Å². The Morgan fingerprint density at radius 2 is 2.08 bits per heavy atom. The average molecular weight is 347 g/mol. The summed E-state index contributed by atoms with van der Waals surface area (Å²) in [6.07, 6.45) is 5.94. The Balaban J connectivity index is 1.39. The fraction of sp³-hybridized carbons (Fsp3) is 0.789. The smallest absolute Gasteiger partial charge is 0.225 e. The van der Waals surface area contributed by atoms with Crippen molar-refractivity contribution in [2.24, 2.45) is 11.8 Å². The molecule has 1 aliphatic carbocycles. The molecule has 1 amide bonds. The van der Waals surface area contributed by atoms with Crippen molar-refractivity contribution in [2.75, 3.05) is 26.2 Å². The SMILES string of the molecule is Cc1cc(CN2CC[C@@]3(O)CCN(C(=O)C4CCCC4)C[C@H]3C2)on1. The lowest BCUT2D eigenvalue weighted by atomic mass is 9.75. The van der Waals surface area contributed by atoms with Gasteiger partial charge in [0, 0.05) is 44.1 Å². The van der Waals surface area contributed by atoms with Gasteiger partial charge in [0.05, 0.1) is 17.8 Å². The molecule has 0 spiro atoms. The van der Waals surface area contributed by atoms with E-state index >= 15 is 0 Å². The number of piperidine rings is 2. The molecule has 0 aromatic carbocycles. The first-order chi connectivity index (χ1) is 12.0. The van der Waals surface area contributed by atoms with Crippen molar-refractivity contribution in [1.82, 2.24) is 15.0 Å². The average Bonchev–Trinajstić information content (AvgIpc) is 3.26. The molecule has 1 aromatic heterocycles. The van der Waals surface area contributed by atoms with Crippen molar-refractivity contribution in [1.29, 1.82) is 0 Å². The number of carbonyl (C=O) groups is 1. The monoisotopic (exact) mass is 347 g/mol. The molecule has 4 rings (SSSR count). The summed E-state index contributed by atoms with van der Waals surface area (Å²) in [6.45, 7) is 5.73. The van der Waals surface area contributed by atoms with Gasteiger partial charge in [-0.05, 0) is 32.6 Å². The third kappa shape index (κ3) is 3.47. The van der Waals surface area contributed by atoms with Gasteiger partial charge in [-0.25, -0.2) is 0 Å². The fourth-order valence-electron chi connectivity index (χ4n) is 4.86. The first-order valence-electron chi connectivity index (χ1n) is 9.69. The van der Waals surface area contributed by atoms with Crippen LogP contribution in [0.2, 0.25) is 0 Å². The van der Waals surface area contributed by atoms with Gasteiger partial charge in [-0.15, -0.1) is 0 Å². The van der Waals surface area contributed by atoms with E-state index < -0.39 is 5.60 Å². The standard InChI is InChI=1S/C19H29N3O3/c1-14-10-17(25-20-14)13-21-8-6-19(24)7-9-22(12-16(19)11-21)18(23)15-4-2-3-5-15/h10,15-16,24H,2-9,11-13H2,1H3/t16-,19-/m1/s1. The highest BCUT2D eigenvalue weighted by Gasteiger charge is 2.46. The molecule has 3 aliphatic rings. The highest BCUT2D eigenvalue weighted by molar-refractivity contribution is 5.79. The summed E-state index contributed by atoms with van der Waals surface area (Å²) >= 11 is 0. The van der Waals surface area contributed by atoms with E-state index in [-0.39, 0.29) is 11.8 Å². The van der Waals surface area contributed by atoms with Gasteiger partial charge in [0.15, 0.2) is 5.76 Å². The Labute approximate surface area is 149 Å². The van der Waals surface area contributed by atoms with Crippen LogP contribution in [0.25, 0.3) is 0 Å². The topological polar surface area (TPSA) is 69.8 Å². The van der Waals surface area contributed by atoms with Gasteiger partial charge in [-0.3, -0.25) is 9.69 Å². The molecule has 1 aromatic rings. The number of amides is 1. The predicted octanol–water partition coefficient (Wildman–Crippen LogP) is 1.96. The van der Waals surface area contributed by atoms with Gasteiger partial charge >= 0.3 is 0 Å². The van der Waals surface area contributed by atoms with Crippen molar-refractivity contribution in [3.63, 3.8) is 0 Å². The molecule has 3 heterocycles. The molecule has 2 atom stereocenters. The number of carbonyl (C=O) groups excluding carboxylic acids is 1. The first kappa shape index (κ1) is 17.0. The van der Waals surface area contributed by atoms with Crippen LogP contribution < -0.4 is 0 Å². The Kier molecular flexibility index (Phi) is 4.58. The molecule has 138 valence electrons. The minimum Gasteiger partial charge on any atom is -0.389 e. The number of likely N-dealkylation sites (tertiary alicyclic amines) is 2. The van der Waals surface area contributed by atoms with Crippen LogP contribution in [-0.4, -0.2) is 57.8 Å². The third-order valence-corrected chi connectivity index (χ3v) is 6.43. The minimum absolute atomic E-state index is 0.129. The van der Waals surface area contributed by atoms with Gasteiger partial charge in [-0.1, -0.05) is 18.0 Å². The predicted molar refractivity (Wildman–Crippen MR) is 92.7 cm³/mol. The third-order valence-electron chi connectivity index (χ3n) is 6.43. The highest BCUT2D eigenvalue weighted by atomic mass is 16.5. The molecule has 0 bridgehead atoms. The summed E-state index contributed by atoms with van der Waals surface area (Å²) < 4.78 is 5.34. The van der Waals surface area contributed by atoms with Crippen molar-refractivity contribution in [2.45, 2.75) is 57.6 Å². The van der Waals surface area contributed by atoms with E-state index in [1.807, 2.05) is 17.9 Å². The van der Waals surface area contributed by atoms with Crippen molar-refractivity contribution >= 4 is 5.91 Å². The van der Waals surface area contributed by atoms with E-state index in [1.165, 1.54) is 12.8 Å². The van der Waals surface area contributed by atoms with Crippen molar-refractivity contribution in [3.8, 4) is 0 Å². The Hall–Kier alpha value is -1.40. The van der Waals surface area contributed by atoms with Crippen molar-refractivity contribution in [3.05, 3.63) is 17.5 Å². The summed E-state index contributed by atoms with van der Waals surface area (Å²) in [4.78, 5) is 17.1. The number of rotatable bonds is 3. The normalized spacial score (nSPS) is 31.3. The number of aryl methyl sites for hydroxylation is 1. The van der Waals surface area contributed by atoms with E-state index in [0.29, 0.717) is 25.4 Å². The van der Waals surface area contributed by atoms with Crippen LogP contribution in [0.15, 0.2) is 10.6 Å². The number of aromatic nitrogens is 1. The summed E-state index contributed by atoms with van der Waals surface area (Å²) in [7, 11) is 0. The first-order valence-corrected chi connectivity index (χ1v) is 9.69. The van der Waals surface area contributed by atoms with Crippen LogP contribution in [-0.2, 0) is 11.3 Å². The number of nitrogens with zero attached hydrogens (tertiary/aromatic N) is 3. The Morgan fingerprint density at radius 3 is 2.80 bits per heavy atom. The lowest BCUT2D eigenvalue weighted by Gasteiger charge is -2.50. The van der Waals surface area contributed by atoms with E-state index in [4.69, 9.17) is 4.52 Å². The number of fused-ring (bicyclic) bond motifs is 1. The zero-order valence-corrected chi connectivity index (χ0v) is 15.1. The van der Waals surface area contributed by atoms with Crippen LogP contribution in [0.3, 0.4) is 0 Å². The minimum atomic E-state index is -0.611. The second kappa shape index (κ2) is 6.72. The molecular formula is C19H29N3O3. The van der Waals surface area contributed by atoms with Gasteiger partial charge in [0.25, 0.3) is 0 Å². The number of aliphatic hydroxyl groups is 1. The van der Waals surface area contributed by atoms with E-state index in [0.717, 1.165) is 50.4 Å². The maximum Gasteiger partial charge on any atom is 0.225 e. The van der Waals surface area contributed by atoms with E-state index in [9.17, 15) is 9.90 Å². The van der Waals surface area contributed by atoms with Crippen LogP contribution >= 0.6 is 0 Å². The molecule has 2 saturated heterocycles. The zero-order chi connectivity index (χ0) is 17.4. The van der Waals surface area contributed by atoms with Crippen LogP contribution in [0.4, 0.5) is 0 Å². The largest absolute Gasteiger partial charge is 0.389 e. The number of hydrogen-bond acceptors (Lipinski definition) is 5. The molecule has 6 nitrogen and oxygen atoms in total. The number of hydrogen-bond donors (Lipinski definition) is 1. The second-order valence-corrected chi connectivity index (χ2v) is 8.24. The Bertz CT molecular complexity index is 625. The molecule has 6 heteroatoms.